The number of nitrogens with zero attached hydrogens (tertiary/aromatic N) is 2. The SMILES string of the molecule is CCNc1cc(Nc2cc(Cl)ccc2Br)nc(C)n1. The van der Waals surface area contributed by atoms with E-state index in [9.17, 15) is 0 Å². The smallest absolute Gasteiger partial charge is 0.136 e. The second-order valence-electron chi connectivity index (χ2n) is 3.97. The standard InChI is InChI=1S/C13H14BrClN4/c1-3-16-12-7-13(18-8(2)17-12)19-11-6-9(15)4-5-10(11)14/h4-7H,3H2,1-2H3,(H2,16,17,18,19). The van der Waals surface area contributed by atoms with Gasteiger partial charge in [0.2, 0.25) is 0 Å². The van der Waals surface area contributed by atoms with E-state index in [0.29, 0.717) is 10.8 Å². The van der Waals surface area contributed by atoms with E-state index < -0.39 is 0 Å². The highest BCUT2D eigenvalue weighted by Crippen LogP contribution is 2.28. The van der Waals surface area contributed by atoms with Gasteiger partial charge < -0.3 is 10.6 Å². The maximum atomic E-state index is 5.99. The van der Waals surface area contributed by atoms with Crippen molar-refractivity contribution in [2.24, 2.45) is 0 Å². The van der Waals surface area contributed by atoms with Crippen molar-refractivity contribution in [3.8, 4) is 0 Å². The summed E-state index contributed by atoms with van der Waals surface area (Å²) in [5.41, 5.74) is 0.869. The van der Waals surface area contributed by atoms with E-state index in [1.54, 1.807) is 0 Å². The number of aryl methyl sites for hydroxylation is 1. The molecule has 0 atom stereocenters. The van der Waals surface area contributed by atoms with Crippen molar-refractivity contribution in [3.05, 3.63) is 39.6 Å². The lowest BCUT2D eigenvalue weighted by atomic mass is 10.3. The van der Waals surface area contributed by atoms with Crippen molar-refractivity contribution < 1.29 is 0 Å². The summed E-state index contributed by atoms with van der Waals surface area (Å²) in [6.45, 7) is 4.70. The summed E-state index contributed by atoms with van der Waals surface area (Å²) >= 11 is 9.46. The third-order valence-corrected chi connectivity index (χ3v) is 3.31. The van der Waals surface area contributed by atoms with Crippen LogP contribution in [-0.2, 0) is 0 Å². The second-order valence-corrected chi connectivity index (χ2v) is 5.26. The molecule has 0 saturated heterocycles. The van der Waals surface area contributed by atoms with Crippen molar-refractivity contribution in [1.29, 1.82) is 0 Å². The summed E-state index contributed by atoms with van der Waals surface area (Å²) in [6, 6.07) is 7.43. The number of aromatic nitrogens is 2. The quantitative estimate of drug-likeness (QED) is 0.866. The molecule has 6 heteroatoms. The topological polar surface area (TPSA) is 49.8 Å². The molecule has 0 radical (unpaired) electrons. The summed E-state index contributed by atoms with van der Waals surface area (Å²) in [7, 11) is 0. The Hall–Kier alpha value is -1.33. The third kappa shape index (κ3) is 3.81. The molecule has 1 aromatic carbocycles. The minimum absolute atomic E-state index is 0.670. The molecule has 0 bridgehead atoms. The van der Waals surface area contributed by atoms with E-state index in [-0.39, 0.29) is 0 Å². The van der Waals surface area contributed by atoms with Crippen LogP contribution in [0.4, 0.5) is 17.3 Å². The maximum Gasteiger partial charge on any atom is 0.136 e. The van der Waals surface area contributed by atoms with Gasteiger partial charge in [0.25, 0.3) is 0 Å². The van der Waals surface area contributed by atoms with Crippen molar-refractivity contribution in [3.63, 3.8) is 0 Å². The number of rotatable bonds is 4. The molecule has 0 aliphatic heterocycles. The zero-order chi connectivity index (χ0) is 13.8. The Bertz CT molecular complexity index is 589. The van der Waals surface area contributed by atoms with E-state index in [4.69, 9.17) is 11.6 Å². The molecule has 0 saturated carbocycles. The van der Waals surface area contributed by atoms with Gasteiger partial charge in [-0.05, 0) is 48.0 Å². The Balaban J connectivity index is 2.29. The first-order chi connectivity index (χ1) is 9.08. The lowest BCUT2D eigenvalue weighted by molar-refractivity contribution is 1.04. The van der Waals surface area contributed by atoms with E-state index in [1.807, 2.05) is 38.1 Å². The Morgan fingerprint density at radius 1 is 1.21 bits per heavy atom. The number of halogens is 2. The summed E-state index contributed by atoms with van der Waals surface area (Å²) in [6.07, 6.45) is 0. The minimum atomic E-state index is 0.670. The van der Waals surface area contributed by atoms with Gasteiger partial charge in [-0.3, -0.25) is 0 Å². The molecule has 4 nitrogen and oxygen atoms in total. The van der Waals surface area contributed by atoms with E-state index in [2.05, 4.69) is 36.5 Å². The van der Waals surface area contributed by atoms with Crippen LogP contribution in [0.25, 0.3) is 0 Å². The lowest BCUT2D eigenvalue weighted by Crippen LogP contribution is -2.04. The van der Waals surface area contributed by atoms with Gasteiger partial charge >= 0.3 is 0 Å². The van der Waals surface area contributed by atoms with E-state index >= 15 is 0 Å². The molecule has 0 unspecified atom stereocenters. The highest BCUT2D eigenvalue weighted by Gasteiger charge is 2.05. The highest BCUT2D eigenvalue weighted by molar-refractivity contribution is 9.10. The molecule has 2 rings (SSSR count). The van der Waals surface area contributed by atoms with Gasteiger partial charge in [-0.1, -0.05) is 11.6 Å². The van der Waals surface area contributed by atoms with Crippen molar-refractivity contribution in [2.45, 2.75) is 13.8 Å². The Morgan fingerprint density at radius 2 is 1.95 bits per heavy atom. The van der Waals surface area contributed by atoms with Gasteiger partial charge in [-0.25, -0.2) is 9.97 Å². The van der Waals surface area contributed by atoms with Crippen LogP contribution in [0, 0.1) is 6.92 Å². The van der Waals surface area contributed by atoms with Gasteiger partial charge in [0.1, 0.15) is 17.5 Å². The fourth-order valence-corrected chi connectivity index (χ4v) is 2.15. The summed E-state index contributed by atoms with van der Waals surface area (Å²) in [4.78, 5) is 8.66. The maximum absolute atomic E-state index is 5.99. The molecule has 1 heterocycles. The van der Waals surface area contributed by atoms with Crippen LogP contribution in [0.15, 0.2) is 28.7 Å². The Labute approximate surface area is 125 Å². The molecule has 0 aliphatic carbocycles. The zero-order valence-electron chi connectivity index (χ0n) is 10.7. The zero-order valence-corrected chi connectivity index (χ0v) is 13.0. The van der Waals surface area contributed by atoms with Gasteiger partial charge in [-0.2, -0.15) is 0 Å². The molecule has 0 spiro atoms. The van der Waals surface area contributed by atoms with Crippen LogP contribution in [-0.4, -0.2) is 16.5 Å². The van der Waals surface area contributed by atoms with Crippen molar-refractivity contribution >= 4 is 44.9 Å². The molecular weight excluding hydrogens is 328 g/mol. The number of hydrogen-bond acceptors (Lipinski definition) is 4. The monoisotopic (exact) mass is 340 g/mol. The first-order valence-corrected chi connectivity index (χ1v) is 7.07. The van der Waals surface area contributed by atoms with E-state index in [1.165, 1.54) is 0 Å². The summed E-state index contributed by atoms with van der Waals surface area (Å²) in [5.74, 6) is 2.24. The molecule has 0 aliphatic rings. The largest absolute Gasteiger partial charge is 0.370 e. The predicted octanol–water partition coefficient (Wildman–Crippen LogP) is 4.38. The number of hydrogen-bond donors (Lipinski definition) is 2. The molecular formula is C13H14BrClN4. The van der Waals surface area contributed by atoms with Crippen LogP contribution in [0.5, 0.6) is 0 Å². The minimum Gasteiger partial charge on any atom is -0.370 e. The first kappa shape index (κ1) is 14.1. The van der Waals surface area contributed by atoms with Crippen molar-refractivity contribution in [1.82, 2.24) is 9.97 Å². The number of nitrogens with one attached hydrogen (secondary N) is 2. The number of anilines is 3. The molecule has 19 heavy (non-hydrogen) atoms. The average molecular weight is 342 g/mol. The first-order valence-electron chi connectivity index (χ1n) is 5.90. The predicted molar refractivity (Wildman–Crippen MR) is 83.4 cm³/mol. The molecule has 0 fully saturated rings. The summed E-state index contributed by atoms with van der Waals surface area (Å²) in [5, 5.41) is 7.07. The van der Waals surface area contributed by atoms with Gasteiger partial charge in [0, 0.05) is 22.1 Å². The third-order valence-electron chi connectivity index (χ3n) is 2.39. The fraction of sp³-hybridized carbons (Fsp3) is 0.231. The molecule has 2 aromatic rings. The van der Waals surface area contributed by atoms with Gasteiger partial charge in [0.05, 0.1) is 5.69 Å². The molecule has 2 N–H and O–H groups in total. The molecule has 100 valence electrons. The number of benzene rings is 1. The van der Waals surface area contributed by atoms with Gasteiger partial charge in [-0.15, -0.1) is 0 Å². The van der Waals surface area contributed by atoms with Crippen LogP contribution >= 0.6 is 27.5 Å². The fourth-order valence-electron chi connectivity index (χ4n) is 1.63. The normalized spacial score (nSPS) is 10.3. The van der Waals surface area contributed by atoms with Crippen LogP contribution in [0.2, 0.25) is 5.02 Å². The lowest BCUT2D eigenvalue weighted by Gasteiger charge is -2.10. The Kier molecular flexibility index (Phi) is 4.61. The van der Waals surface area contributed by atoms with E-state index in [0.717, 1.165) is 28.3 Å². The van der Waals surface area contributed by atoms with Crippen LogP contribution < -0.4 is 10.6 Å². The highest BCUT2D eigenvalue weighted by atomic mass is 79.9. The average Bonchev–Trinajstić information content (AvgIpc) is 2.33. The van der Waals surface area contributed by atoms with Crippen LogP contribution in [0.1, 0.15) is 12.7 Å². The second kappa shape index (κ2) is 6.21. The summed E-state index contributed by atoms with van der Waals surface area (Å²) < 4.78 is 0.929. The molecule has 0 amide bonds. The van der Waals surface area contributed by atoms with Gasteiger partial charge in [0.15, 0.2) is 0 Å². The van der Waals surface area contributed by atoms with Crippen molar-refractivity contribution in [2.75, 3.05) is 17.2 Å². The van der Waals surface area contributed by atoms with Crippen LogP contribution in [0.3, 0.4) is 0 Å². The Morgan fingerprint density at radius 3 is 2.68 bits per heavy atom. The molecule has 1 aromatic heterocycles.